The molecule has 1 aliphatic heterocycles. The zero-order valence-electron chi connectivity index (χ0n) is 12.0. The summed E-state index contributed by atoms with van der Waals surface area (Å²) in [5.74, 6) is 2.07. The molecule has 1 aliphatic rings. The van der Waals surface area contributed by atoms with E-state index in [1.807, 2.05) is 17.9 Å². The number of hydrogen-bond acceptors (Lipinski definition) is 5. The van der Waals surface area contributed by atoms with Crippen LogP contribution in [-0.2, 0) is 15.6 Å². The topological polar surface area (TPSA) is 75.2 Å². The van der Waals surface area contributed by atoms with Crippen molar-refractivity contribution in [3.8, 4) is 0 Å². The SMILES string of the molecule is CC(=O)N1CC[C@H]1c1cc(NCC[S@@](C)=O)nc(C)n1. The molecule has 0 aromatic carbocycles. The van der Waals surface area contributed by atoms with Crippen molar-refractivity contribution in [1.29, 1.82) is 0 Å². The minimum atomic E-state index is -0.820. The molecular weight excluding hydrogens is 276 g/mol. The lowest BCUT2D eigenvalue weighted by Crippen LogP contribution is -2.44. The highest BCUT2D eigenvalue weighted by atomic mass is 32.2. The quantitative estimate of drug-likeness (QED) is 0.872. The summed E-state index contributed by atoms with van der Waals surface area (Å²) in [5, 5.41) is 3.16. The van der Waals surface area contributed by atoms with E-state index in [-0.39, 0.29) is 11.9 Å². The normalized spacial score (nSPS) is 19.4. The molecule has 6 nitrogen and oxygen atoms in total. The van der Waals surface area contributed by atoms with Gasteiger partial charge in [-0.05, 0) is 13.3 Å². The van der Waals surface area contributed by atoms with Crippen molar-refractivity contribution in [2.24, 2.45) is 0 Å². The summed E-state index contributed by atoms with van der Waals surface area (Å²) < 4.78 is 11.0. The van der Waals surface area contributed by atoms with Crippen LogP contribution in [0.1, 0.15) is 30.9 Å². The molecule has 1 aromatic rings. The molecule has 0 spiro atoms. The Kier molecular flexibility index (Phi) is 4.69. The average Bonchev–Trinajstić information content (AvgIpc) is 2.24. The summed E-state index contributed by atoms with van der Waals surface area (Å²) in [5.41, 5.74) is 0.874. The second-order valence-corrected chi connectivity index (χ2v) is 6.50. The number of anilines is 1. The van der Waals surface area contributed by atoms with Crippen molar-refractivity contribution in [3.05, 3.63) is 17.6 Å². The second-order valence-electron chi connectivity index (χ2n) is 4.95. The Morgan fingerprint density at radius 3 is 2.85 bits per heavy atom. The molecular formula is C13H20N4O2S. The van der Waals surface area contributed by atoms with E-state index in [0.29, 0.717) is 18.1 Å². The smallest absolute Gasteiger partial charge is 0.220 e. The van der Waals surface area contributed by atoms with Crippen LogP contribution in [0, 0.1) is 6.92 Å². The summed E-state index contributed by atoms with van der Waals surface area (Å²) in [4.78, 5) is 22.0. The monoisotopic (exact) mass is 296 g/mol. The van der Waals surface area contributed by atoms with Crippen LogP contribution in [0.2, 0.25) is 0 Å². The van der Waals surface area contributed by atoms with Gasteiger partial charge in [0, 0.05) is 48.9 Å². The molecule has 20 heavy (non-hydrogen) atoms. The van der Waals surface area contributed by atoms with Gasteiger partial charge < -0.3 is 10.2 Å². The first-order chi connectivity index (χ1) is 9.47. The molecule has 0 saturated carbocycles. The van der Waals surface area contributed by atoms with Crippen molar-refractivity contribution in [2.75, 3.05) is 30.4 Å². The van der Waals surface area contributed by atoms with E-state index in [0.717, 1.165) is 24.5 Å². The number of amides is 1. The summed E-state index contributed by atoms with van der Waals surface area (Å²) >= 11 is 0. The van der Waals surface area contributed by atoms with Crippen LogP contribution < -0.4 is 5.32 Å². The van der Waals surface area contributed by atoms with Gasteiger partial charge in [0.05, 0.1) is 11.7 Å². The number of carbonyl (C=O) groups is 1. The van der Waals surface area contributed by atoms with E-state index in [9.17, 15) is 9.00 Å². The van der Waals surface area contributed by atoms with E-state index >= 15 is 0 Å². The standard InChI is InChI=1S/C13H20N4O2S/c1-9-15-11(12-4-6-17(12)10(2)18)8-13(16-9)14-5-7-20(3)19/h8,12H,4-7H2,1-3H3,(H,14,15,16)/t12-,20+/m0/s1. The van der Waals surface area contributed by atoms with E-state index in [2.05, 4.69) is 15.3 Å². The molecule has 2 heterocycles. The maximum Gasteiger partial charge on any atom is 0.220 e. The third-order valence-electron chi connectivity index (χ3n) is 3.32. The minimum absolute atomic E-state index is 0.0649. The Bertz CT molecular complexity index is 535. The lowest BCUT2D eigenvalue weighted by molar-refractivity contribution is -0.136. The summed E-state index contributed by atoms with van der Waals surface area (Å²) in [6.07, 6.45) is 2.62. The first-order valence-corrected chi connectivity index (χ1v) is 8.37. The van der Waals surface area contributed by atoms with Gasteiger partial charge in [0.25, 0.3) is 0 Å². The molecule has 2 rings (SSSR count). The van der Waals surface area contributed by atoms with Gasteiger partial charge in [0.1, 0.15) is 11.6 Å². The van der Waals surface area contributed by atoms with Gasteiger partial charge in [-0.25, -0.2) is 9.97 Å². The zero-order valence-corrected chi connectivity index (χ0v) is 12.9. The number of aryl methyl sites for hydroxylation is 1. The van der Waals surface area contributed by atoms with Crippen LogP contribution in [-0.4, -0.2) is 50.1 Å². The number of aromatic nitrogens is 2. The fourth-order valence-corrected chi connectivity index (χ4v) is 2.64. The van der Waals surface area contributed by atoms with E-state index in [1.165, 1.54) is 0 Å². The lowest BCUT2D eigenvalue weighted by atomic mass is 9.99. The van der Waals surface area contributed by atoms with Crippen molar-refractivity contribution < 1.29 is 9.00 Å². The van der Waals surface area contributed by atoms with E-state index in [4.69, 9.17) is 0 Å². The molecule has 0 aliphatic carbocycles. The Balaban J connectivity index is 2.08. The minimum Gasteiger partial charge on any atom is -0.369 e. The Labute approximate surface area is 121 Å². The number of nitrogens with one attached hydrogen (secondary N) is 1. The average molecular weight is 296 g/mol. The highest BCUT2D eigenvalue weighted by Gasteiger charge is 2.32. The van der Waals surface area contributed by atoms with Gasteiger partial charge in [-0.3, -0.25) is 9.00 Å². The molecule has 1 fully saturated rings. The molecule has 1 saturated heterocycles. The van der Waals surface area contributed by atoms with Gasteiger partial charge >= 0.3 is 0 Å². The first kappa shape index (κ1) is 14.9. The number of nitrogens with zero attached hydrogens (tertiary/aromatic N) is 3. The highest BCUT2D eigenvalue weighted by molar-refractivity contribution is 7.84. The van der Waals surface area contributed by atoms with E-state index < -0.39 is 10.8 Å². The maximum absolute atomic E-state index is 11.5. The lowest BCUT2D eigenvalue weighted by Gasteiger charge is -2.40. The molecule has 0 bridgehead atoms. The molecule has 1 N–H and O–H groups in total. The van der Waals surface area contributed by atoms with Crippen LogP contribution >= 0.6 is 0 Å². The summed E-state index contributed by atoms with van der Waals surface area (Å²) in [7, 11) is -0.820. The van der Waals surface area contributed by atoms with Gasteiger partial charge in [0.2, 0.25) is 5.91 Å². The van der Waals surface area contributed by atoms with Crippen LogP contribution in [0.15, 0.2) is 6.07 Å². The van der Waals surface area contributed by atoms with E-state index in [1.54, 1.807) is 13.2 Å². The number of hydrogen-bond donors (Lipinski definition) is 1. The van der Waals surface area contributed by atoms with Crippen molar-refractivity contribution in [1.82, 2.24) is 14.9 Å². The van der Waals surface area contributed by atoms with Gasteiger partial charge in [0.15, 0.2) is 0 Å². The second kappa shape index (κ2) is 6.30. The summed E-state index contributed by atoms with van der Waals surface area (Å²) in [6.45, 7) is 4.82. The molecule has 0 radical (unpaired) electrons. The predicted molar refractivity (Wildman–Crippen MR) is 78.9 cm³/mol. The molecule has 110 valence electrons. The molecule has 1 aromatic heterocycles. The number of rotatable bonds is 5. The van der Waals surface area contributed by atoms with Crippen LogP contribution in [0.3, 0.4) is 0 Å². The maximum atomic E-state index is 11.5. The first-order valence-electron chi connectivity index (χ1n) is 6.64. The van der Waals surface area contributed by atoms with Crippen molar-refractivity contribution >= 4 is 22.5 Å². The van der Waals surface area contributed by atoms with Crippen LogP contribution in [0.5, 0.6) is 0 Å². The van der Waals surface area contributed by atoms with Crippen molar-refractivity contribution in [2.45, 2.75) is 26.3 Å². The van der Waals surface area contributed by atoms with Gasteiger partial charge in [-0.15, -0.1) is 0 Å². The van der Waals surface area contributed by atoms with Gasteiger partial charge in [-0.1, -0.05) is 0 Å². The third-order valence-corrected chi connectivity index (χ3v) is 4.10. The van der Waals surface area contributed by atoms with Gasteiger partial charge in [-0.2, -0.15) is 0 Å². The fourth-order valence-electron chi connectivity index (χ4n) is 2.25. The molecule has 0 unspecified atom stereocenters. The Morgan fingerprint density at radius 2 is 2.30 bits per heavy atom. The number of likely N-dealkylation sites (tertiary alicyclic amines) is 1. The Morgan fingerprint density at radius 1 is 1.55 bits per heavy atom. The van der Waals surface area contributed by atoms with Crippen LogP contribution in [0.25, 0.3) is 0 Å². The zero-order chi connectivity index (χ0) is 14.7. The van der Waals surface area contributed by atoms with Crippen LogP contribution in [0.4, 0.5) is 5.82 Å². The number of carbonyl (C=O) groups excluding carboxylic acids is 1. The largest absolute Gasteiger partial charge is 0.369 e. The molecule has 7 heteroatoms. The van der Waals surface area contributed by atoms with Crippen molar-refractivity contribution in [3.63, 3.8) is 0 Å². The highest BCUT2D eigenvalue weighted by Crippen LogP contribution is 2.32. The fraction of sp³-hybridized carbons (Fsp3) is 0.615. The molecule has 2 atom stereocenters. The third kappa shape index (κ3) is 3.53. The molecule has 1 amide bonds. The predicted octanol–water partition coefficient (Wildman–Crippen LogP) is 0.869. The summed E-state index contributed by atoms with van der Waals surface area (Å²) in [6, 6.07) is 1.95. The Hall–Kier alpha value is -1.50.